The van der Waals surface area contributed by atoms with Gasteiger partial charge in [-0.1, -0.05) is 6.07 Å². The lowest BCUT2D eigenvalue weighted by atomic mass is 10.0. The summed E-state index contributed by atoms with van der Waals surface area (Å²) in [5, 5.41) is 10.9. The maximum Gasteiger partial charge on any atom is 0.322 e. The molecule has 38 heavy (non-hydrogen) atoms. The lowest BCUT2D eigenvalue weighted by molar-refractivity contribution is 0.0564. The number of aromatic nitrogens is 3. The van der Waals surface area contributed by atoms with E-state index in [0.29, 0.717) is 43.3 Å². The Labute approximate surface area is 219 Å². The Kier molecular flexibility index (Phi) is 7.27. The molecule has 11 heteroatoms. The summed E-state index contributed by atoms with van der Waals surface area (Å²) < 4.78 is 5.32. The second kappa shape index (κ2) is 11.1. The number of H-pyrrole nitrogens is 1. The standard InChI is InChI=1S/C27H28N8O3/c1-28-26(36)21-4-3-5-23-22(21)12-24(33-23)25(34-29-2)19-10-17(13-30-15-19)18-11-20(16-31-14-18)32-27(37)35-6-8-38-9-7-35/h3-5,10-16,29,33H,6-9H2,1-2H3,(H,28,36)(H,32,37)/b34-25+. The van der Waals surface area contributed by atoms with E-state index in [-0.39, 0.29) is 11.9 Å². The van der Waals surface area contributed by atoms with Gasteiger partial charge in [0.15, 0.2) is 0 Å². The summed E-state index contributed by atoms with van der Waals surface area (Å²) in [6.07, 6.45) is 6.79. The molecule has 0 radical (unpaired) electrons. The van der Waals surface area contributed by atoms with Crippen molar-refractivity contribution in [2.75, 3.05) is 45.7 Å². The number of hydrazone groups is 1. The van der Waals surface area contributed by atoms with Crippen molar-refractivity contribution in [2.24, 2.45) is 5.10 Å². The highest BCUT2D eigenvalue weighted by Crippen LogP contribution is 2.25. The highest BCUT2D eigenvalue weighted by molar-refractivity contribution is 6.16. The van der Waals surface area contributed by atoms with Gasteiger partial charge >= 0.3 is 6.03 Å². The number of urea groups is 1. The van der Waals surface area contributed by atoms with Gasteiger partial charge in [0, 0.05) is 78.9 Å². The van der Waals surface area contributed by atoms with Gasteiger partial charge in [0.25, 0.3) is 5.91 Å². The first-order valence-corrected chi connectivity index (χ1v) is 12.2. The molecule has 3 amide bonds. The molecule has 4 aromatic rings. The van der Waals surface area contributed by atoms with Gasteiger partial charge < -0.3 is 30.7 Å². The van der Waals surface area contributed by atoms with Gasteiger partial charge in [-0.15, -0.1) is 0 Å². The van der Waals surface area contributed by atoms with Crippen molar-refractivity contribution >= 4 is 34.2 Å². The van der Waals surface area contributed by atoms with Crippen LogP contribution in [-0.2, 0) is 4.74 Å². The van der Waals surface area contributed by atoms with Crippen molar-refractivity contribution in [3.05, 3.63) is 78.0 Å². The number of nitrogens with one attached hydrogen (secondary N) is 4. The number of benzene rings is 1. The summed E-state index contributed by atoms with van der Waals surface area (Å²) in [4.78, 5) is 38.8. The van der Waals surface area contributed by atoms with Crippen LogP contribution in [0.3, 0.4) is 0 Å². The summed E-state index contributed by atoms with van der Waals surface area (Å²) in [6, 6.07) is 11.1. The molecule has 4 N–H and O–H groups in total. The number of rotatable bonds is 6. The minimum absolute atomic E-state index is 0.162. The number of carbonyl (C=O) groups is 2. The zero-order valence-corrected chi connectivity index (χ0v) is 21.1. The van der Waals surface area contributed by atoms with E-state index in [1.54, 1.807) is 49.8 Å². The molecule has 0 unspecified atom stereocenters. The molecule has 0 bridgehead atoms. The molecule has 1 fully saturated rings. The number of hydrogen-bond donors (Lipinski definition) is 4. The number of morpholine rings is 1. The Balaban J connectivity index is 1.45. The second-order valence-corrected chi connectivity index (χ2v) is 8.67. The maximum absolute atomic E-state index is 12.6. The van der Waals surface area contributed by atoms with Crippen LogP contribution in [-0.4, -0.2) is 77.9 Å². The van der Waals surface area contributed by atoms with E-state index in [4.69, 9.17) is 4.74 Å². The normalized spacial score (nSPS) is 13.8. The fraction of sp³-hybridized carbons (Fsp3) is 0.222. The molecule has 4 heterocycles. The third-order valence-electron chi connectivity index (χ3n) is 6.25. The molecule has 1 aliphatic heterocycles. The Morgan fingerprint density at radius 2 is 1.76 bits per heavy atom. The topological polar surface area (TPSA) is 137 Å². The lowest BCUT2D eigenvalue weighted by Crippen LogP contribution is -2.43. The zero-order valence-electron chi connectivity index (χ0n) is 21.1. The van der Waals surface area contributed by atoms with E-state index < -0.39 is 0 Å². The average molecular weight is 513 g/mol. The molecule has 194 valence electrons. The van der Waals surface area contributed by atoms with Gasteiger partial charge in [-0.05, 0) is 30.3 Å². The van der Waals surface area contributed by atoms with Gasteiger partial charge in [-0.2, -0.15) is 5.10 Å². The third-order valence-corrected chi connectivity index (χ3v) is 6.25. The number of ether oxygens (including phenoxy) is 1. The van der Waals surface area contributed by atoms with Crippen LogP contribution in [0.4, 0.5) is 10.5 Å². The van der Waals surface area contributed by atoms with Crippen LogP contribution in [0.2, 0.25) is 0 Å². The number of carbonyl (C=O) groups excluding carboxylic acids is 2. The van der Waals surface area contributed by atoms with Crippen LogP contribution in [0.15, 0.2) is 66.3 Å². The summed E-state index contributed by atoms with van der Waals surface area (Å²) >= 11 is 0. The van der Waals surface area contributed by atoms with Crippen LogP contribution in [0.1, 0.15) is 21.6 Å². The summed E-state index contributed by atoms with van der Waals surface area (Å²) in [5.41, 5.74) is 8.57. The molecule has 3 aromatic heterocycles. The smallest absolute Gasteiger partial charge is 0.322 e. The van der Waals surface area contributed by atoms with Crippen molar-refractivity contribution in [1.29, 1.82) is 0 Å². The van der Waals surface area contributed by atoms with Crippen molar-refractivity contribution in [3.8, 4) is 11.1 Å². The van der Waals surface area contributed by atoms with Crippen LogP contribution in [0.25, 0.3) is 22.0 Å². The van der Waals surface area contributed by atoms with Gasteiger partial charge in [0.2, 0.25) is 0 Å². The maximum atomic E-state index is 12.6. The van der Waals surface area contributed by atoms with E-state index in [1.165, 1.54) is 0 Å². The molecule has 0 spiro atoms. The first kappa shape index (κ1) is 24.9. The molecule has 11 nitrogen and oxygen atoms in total. The first-order valence-electron chi connectivity index (χ1n) is 12.2. The molecule has 0 aliphatic carbocycles. The van der Waals surface area contributed by atoms with Gasteiger partial charge in [0.1, 0.15) is 5.71 Å². The van der Waals surface area contributed by atoms with Crippen molar-refractivity contribution < 1.29 is 14.3 Å². The number of hydrogen-bond acceptors (Lipinski definition) is 7. The largest absolute Gasteiger partial charge is 0.378 e. The van der Waals surface area contributed by atoms with E-state index in [1.807, 2.05) is 30.3 Å². The Morgan fingerprint density at radius 3 is 2.53 bits per heavy atom. The number of pyridine rings is 2. The Morgan fingerprint density at radius 1 is 1.00 bits per heavy atom. The zero-order chi connectivity index (χ0) is 26.5. The highest BCUT2D eigenvalue weighted by atomic mass is 16.5. The van der Waals surface area contributed by atoms with Crippen molar-refractivity contribution in [2.45, 2.75) is 0 Å². The number of nitrogens with zero attached hydrogens (tertiary/aromatic N) is 4. The van der Waals surface area contributed by atoms with Gasteiger partial charge in [0.05, 0.1) is 30.8 Å². The molecule has 1 aromatic carbocycles. The first-order chi connectivity index (χ1) is 18.6. The van der Waals surface area contributed by atoms with Gasteiger partial charge in [-0.25, -0.2) is 4.79 Å². The van der Waals surface area contributed by atoms with E-state index in [9.17, 15) is 9.59 Å². The molecule has 1 aliphatic rings. The number of amides is 3. The molecule has 1 saturated heterocycles. The minimum Gasteiger partial charge on any atom is -0.378 e. The van der Waals surface area contributed by atoms with Crippen LogP contribution in [0, 0.1) is 0 Å². The van der Waals surface area contributed by atoms with E-state index in [0.717, 1.165) is 33.3 Å². The number of aromatic amines is 1. The molecular weight excluding hydrogens is 484 g/mol. The van der Waals surface area contributed by atoms with Crippen molar-refractivity contribution in [1.82, 2.24) is 30.6 Å². The average Bonchev–Trinajstić information content (AvgIpc) is 3.40. The van der Waals surface area contributed by atoms with Crippen molar-refractivity contribution in [3.63, 3.8) is 0 Å². The number of anilines is 1. The molecule has 0 saturated carbocycles. The molecule has 0 atom stereocenters. The fourth-order valence-electron chi connectivity index (χ4n) is 4.37. The monoisotopic (exact) mass is 512 g/mol. The SMILES string of the molecule is CN/N=C(\c1cncc(-c2cncc(NC(=O)N3CCOCC3)c2)c1)c1cc2c(C(=O)NC)cccc2[nH]1. The fourth-order valence-corrected chi connectivity index (χ4v) is 4.37. The van der Waals surface area contributed by atoms with Gasteiger partial charge in [-0.3, -0.25) is 14.8 Å². The Bertz CT molecular complexity index is 1510. The second-order valence-electron chi connectivity index (χ2n) is 8.67. The number of fused-ring (bicyclic) bond motifs is 1. The summed E-state index contributed by atoms with van der Waals surface area (Å²) in [7, 11) is 3.33. The summed E-state index contributed by atoms with van der Waals surface area (Å²) in [6.45, 7) is 2.17. The lowest BCUT2D eigenvalue weighted by Gasteiger charge is -2.26. The highest BCUT2D eigenvalue weighted by Gasteiger charge is 2.18. The summed E-state index contributed by atoms with van der Waals surface area (Å²) in [5.74, 6) is -0.162. The predicted molar refractivity (Wildman–Crippen MR) is 145 cm³/mol. The quantitative estimate of drug-likeness (QED) is 0.232. The molecule has 5 rings (SSSR count). The Hall–Kier alpha value is -4.77. The van der Waals surface area contributed by atoms with E-state index in [2.05, 4.69) is 36.1 Å². The van der Waals surface area contributed by atoms with Crippen LogP contribution in [0.5, 0.6) is 0 Å². The minimum atomic E-state index is -0.183. The molecular formula is C27H28N8O3. The van der Waals surface area contributed by atoms with Crippen LogP contribution < -0.4 is 16.1 Å². The third kappa shape index (κ3) is 5.18. The van der Waals surface area contributed by atoms with Crippen LogP contribution >= 0.6 is 0 Å². The van der Waals surface area contributed by atoms with E-state index >= 15 is 0 Å². The predicted octanol–water partition coefficient (Wildman–Crippen LogP) is 2.82.